The molecule has 0 aliphatic carbocycles. The van der Waals surface area contributed by atoms with E-state index in [1.165, 1.54) is 10.6 Å². The van der Waals surface area contributed by atoms with Gasteiger partial charge in [0, 0.05) is 25.2 Å². The first-order chi connectivity index (χ1) is 10.4. The number of carbonyl (C=O) groups excluding carboxylic acids is 1. The topological polar surface area (TPSA) is 88.6 Å². The van der Waals surface area contributed by atoms with E-state index in [0.29, 0.717) is 19.7 Å². The number of nitrogens with zero attached hydrogens (tertiary/aromatic N) is 2. The Bertz CT molecular complexity index is 664. The minimum Gasteiger partial charge on any atom is -0.380 e. The normalized spacial score (nSPS) is 28.5. The van der Waals surface area contributed by atoms with E-state index in [-0.39, 0.29) is 25.0 Å². The van der Waals surface area contributed by atoms with Crippen LogP contribution in [0, 0.1) is 11.3 Å². The van der Waals surface area contributed by atoms with Crippen molar-refractivity contribution in [3.05, 3.63) is 30.1 Å². The molecule has 3 rings (SSSR count). The number of sulfonamides is 1. The van der Waals surface area contributed by atoms with Gasteiger partial charge in [0.15, 0.2) is 0 Å². The molecular formula is C14H19N3O4S. The number of fused-ring (bicyclic) bond motifs is 1. The molecule has 2 atom stereocenters. The van der Waals surface area contributed by atoms with E-state index in [0.717, 1.165) is 5.69 Å². The molecular weight excluding hydrogens is 306 g/mol. The van der Waals surface area contributed by atoms with Gasteiger partial charge in [-0.25, -0.2) is 12.7 Å². The number of nitrogens with one attached hydrogen (secondary N) is 1. The van der Waals surface area contributed by atoms with Crippen LogP contribution in [0.4, 0.5) is 0 Å². The van der Waals surface area contributed by atoms with Crippen LogP contribution in [0.15, 0.2) is 24.4 Å². The molecule has 2 aliphatic rings. The molecule has 0 radical (unpaired) electrons. The third kappa shape index (κ3) is 2.73. The summed E-state index contributed by atoms with van der Waals surface area (Å²) in [6.45, 7) is 1.54. The average molecular weight is 325 g/mol. The molecule has 0 spiro atoms. The molecule has 22 heavy (non-hydrogen) atoms. The molecule has 7 nitrogen and oxygen atoms in total. The lowest BCUT2D eigenvalue weighted by Gasteiger charge is -2.25. The fourth-order valence-electron chi connectivity index (χ4n) is 3.11. The predicted octanol–water partition coefficient (Wildman–Crippen LogP) is -0.394. The minimum absolute atomic E-state index is 0.0917. The van der Waals surface area contributed by atoms with Crippen LogP contribution in [0.1, 0.15) is 5.69 Å². The van der Waals surface area contributed by atoms with Gasteiger partial charge in [-0.05, 0) is 12.1 Å². The molecule has 0 aromatic carbocycles. The number of aromatic nitrogens is 1. The summed E-state index contributed by atoms with van der Waals surface area (Å²) in [6.07, 6.45) is 2.84. The maximum absolute atomic E-state index is 12.7. The van der Waals surface area contributed by atoms with Crippen molar-refractivity contribution in [2.45, 2.75) is 6.54 Å². The summed E-state index contributed by atoms with van der Waals surface area (Å²) < 4.78 is 30.3. The Balaban J connectivity index is 1.72. The highest BCUT2D eigenvalue weighted by molar-refractivity contribution is 7.88. The van der Waals surface area contributed by atoms with E-state index >= 15 is 0 Å². The zero-order valence-corrected chi connectivity index (χ0v) is 13.2. The number of ether oxygens (including phenoxy) is 1. The number of amides is 1. The van der Waals surface area contributed by atoms with Crippen LogP contribution in [-0.4, -0.2) is 56.2 Å². The number of rotatable bonds is 4. The predicted molar refractivity (Wildman–Crippen MR) is 79.2 cm³/mol. The van der Waals surface area contributed by atoms with Gasteiger partial charge in [0.05, 0.1) is 37.1 Å². The molecule has 1 amide bonds. The number of hydrogen-bond acceptors (Lipinski definition) is 5. The maximum atomic E-state index is 12.7. The molecule has 2 aliphatic heterocycles. The second kappa shape index (κ2) is 5.60. The van der Waals surface area contributed by atoms with Gasteiger partial charge < -0.3 is 10.1 Å². The Labute approximate surface area is 129 Å². The molecule has 3 heterocycles. The molecule has 120 valence electrons. The highest BCUT2D eigenvalue weighted by atomic mass is 32.2. The van der Waals surface area contributed by atoms with Crippen molar-refractivity contribution in [3.63, 3.8) is 0 Å². The van der Waals surface area contributed by atoms with Crippen LogP contribution in [0.5, 0.6) is 0 Å². The zero-order valence-electron chi connectivity index (χ0n) is 12.4. The van der Waals surface area contributed by atoms with E-state index in [2.05, 4.69) is 10.3 Å². The summed E-state index contributed by atoms with van der Waals surface area (Å²) in [7, 11) is -3.30. The first kappa shape index (κ1) is 15.4. The molecule has 0 unspecified atom stereocenters. The van der Waals surface area contributed by atoms with E-state index in [1.807, 2.05) is 18.2 Å². The summed E-state index contributed by atoms with van der Waals surface area (Å²) in [6, 6.07) is 5.50. The van der Waals surface area contributed by atoms with Crippen LogP contribution in [0.2, 0.25) is 0 Å². The Morgan fingerprint density at radius 1 is 1.55 bits per heavy atom. The van der Waals surface area contributed by atoms with Crippen LogP contribution < -0.4 is 5.32 Å². The van der Waals surface area contributed by atoms with Gasteiger partial charge in [-0.2, -0.15) is 0 Å². The van der Waals surface area contributed by atoms with Crippen molar-refractivity contribution < 1.29 is 17.9 Å². The Hall–Kier alpha value is -1.51. The SMILES string of the molecule is CS(=O)(=O)N1C[C@H]2COC[C@@]2(C(=O)NCc2ccccn2)C1. The van der Waals surface area contributed by atoms with E-state index in [4.69, 9.17) is 4.74 Å². The molecule has 1 aromatic heterocycles. The van der Waals surface area contributed by atoms with Crippen molar-refractivity contribution in [1.29, 1.82) is 0 Å². The number of pyridine rings is 1. The lowest BCUT2D eigenvalue weighted by atomic mass is 9.80. The van der Waals surface area contributed by atoms with Crippen molar-refractivity contribution in [2.24, 2.45) is 11.3 Å². The van der Waals surface area contributed by atoms with Crippen LogP contribution >= 0.6 is 0 Å². The Kier molecular flexibility index (Phi) is 3.92. The third-order valence-electron chi connectivity index (χ3n) is 4.42. The Morgan fingerprint density at radius 2 is 2.36 bits per heavy atom. The van der Waals surface area contributed by atoms with Gasteiger partial charge in [0.25, 0.3) is 0 Å². The highest BCUT2D eigenvalue weighted by Crippen LogP contribution is 2.42. The van der Waals surface area contributed by atoms with Gasteiger partial charge in [-0.3, -0.25) is 9.78 Å². The Morgan fingerprint density at radius 3 is 3.05 bits per heavy atom. The molecule has 1 N–H and O–H groups in total. The molecule has 0 saturated carbocycles. The molecule has 2 fully saturated rings. The van der Waals surface area contributed by atoms with Gasteiger partial charge >= 0.3 is 0 Å². The largest absolute Gasteiger partial charge is 0.380 e. The number of hydrogen-bond donors (Lipinski definition) is 1. The third-order valence-corrected chi connectivity index (χ3v) is 5.64. The zero-order chi connectivity index (χ0) is 15.8. The van der Waals surface area contributed by atoms with Crippen molar-refractivity contribution in [1.82, 2.24) is 14.6 Å². The summed E-state index contributed by atoms with van der Waals surface area (Å²) in [5.74, 6) is -0.252. The average Bonchev–Trinajstić information content (AvgIpc) is 3.03. The van der Waals surface area contributed by atoms with Gasteiger partial charge in [0.2, 0.25) is 15.9 Å². The molecule has 0 bridgehead atoms. The fraction of sp³-hybridized carbons (Fsp3) is 0.571. The van der Waals surface area contributed by atoms with E-state index in [9.17, 15) is 13.2 Å². The van der Waals surface area contributed by atoms with Crippen LogP contribution in [-0.2, 0) is 26.1 Å². The van der Waals surface area contributed by atoms with Crippen LogP contribution in [0.3, 0.4) is 0 Å². The highest BCUT2D eigenvalue weighted by Gasteiger charge is 2.57. The fourth-order valence-corrected chi connectivity index (χ4v) is 4.03. The summed E-state index contributed by atoms with van der Waals surface area (Å²) in [4.78, 5) is 16.8. The van der Waals surface area contributed by atoms with Crippen molar-refractivity contribution >= 4 is 15.9 Å². The van der Waals surface area contributed by atoms with E-state index in [1.54, 1.807) is 6.20 Å². The minimum atomic E-state index is -3.30. The maximum Gasteiger partial charge on any atom is 0.230 e. The van der Waals surface area contributed by atoms with Crippen molar-refractivity contribution in [2.75, 3.05) is 32.6 Å². The summed E-state index contributed by atoms with van der Waals surface area (Å²) in [5, 5.41) is 2.87. The van der Waals surface area contributed by atoms with Crippen LogP contribution in [0.25, 0.3) is 0 Å². The van der Waals surface area contributed by atoms with Gasteiger partial charge in [-0.15, -0.1) is 0 Å². The molecule has 1 aromatic rings. The summed E-state index contributed by atoms with van der Waals surface area (Å²) in [5.41, 5.74) is -0.0154. The lowest BCUT2D eigenvalue weighted by molar-refractivity contribution is -0.131. The van der Waals surface area contributed by atoms with Crippen molar-refractivity contribution in [3.8, 4) is 0 Å². The second-order valence-electron chi connectivity index (χ2n) is 5.93. The monoisotopic (exact) mass is 325 g/mol. The van der Waals surface area contributed by atoms with Gasteiger partial charge in [-0.1, -0.05) is 6.07 Å². The lowest BCUT2D eigenvalue weighted by Crippen LogP contribution is -2.46. The quantitative estimate of drug-likeness (QED) is 0.814. The summed E-state index contributed by atoms with van der Waals surface area (Å²) >= 11 is 0. The number of carbonyl (C=O) groups is 1. The van der Waals surface area contributed by atoms with Gasteiger partial charge in [0.1, 0.15) is 0 Å². The molecule has 8 heteroatoms. The first-order valence-electron chi connectivity index (χ1n) is 7.13. The first-order valence-corrected chi connectivity index (χ1v) is 8.98. The molecule has 2 saturated heterocycles. The van der Waals surface area contributed by atoms with E-state index < -0.39 is 15.4 Å². The smallest absolute Gasteiger partial charge is 0.230 e. The second-order valence-corrected chi connectivity index (χ2v) is 7.91. The standard InChI is InChI=1S/C14H19N3O4S/c1-22(19,20)17-7-11-8-21-10-14(11,9-17)13(18)16-6-12-4-2-3-5-15-12/h2-5,11H,6-10H2,1H3,(H,16,18)/t11-,14-/m0/s1.